The molecule has 0 aliphatic rings. The van der Waals surface area contributed by atoms with E-state index in [0.717, 1.165) is 0 Å². The number of H-pyrrole nitrogens is 1. The van der Waals surface area contributed by atoms with Gasteiger partial charge in [0.25, 0.3) is 0 Å². The van der Waals surface area contributed by atoms with Crippen LogP contribution in [0.2, 0.25) is 0 Å². The van der Waals surface area contributed by atoms with Crippen LogP contribution in [0, 0.1) is 0 Å². The number of hydrogen-bond donors (Lipinski definition) is 2. The van der Waals surface area contributed by atoms with Gasteiger partial charge in [0, 0.05) is 0 Å². The quantitative estimate of drug-likeness (QED) is 0.652. The summed E-state index contributed by atoms with van der Waals surface area (Å²) in [6, 6.07) is 7.18. The lowest BCUT2D eigenvalue weighted by atomic mass is 10.3. The fourth-order valence-corrected chi connectivity index (χ4v) is 1.54. The minimum Gasteiger partial charge on any atom is -0.476 e. The number of aromatic nitrogens is 6. The average molecular weight is 230 g/mol. The van der Waals surface area contributed by atoms with Gasteiger partial charge < -0.3 is 5.11 Å². The van der Waals surface area contributed by atoms with E-state index in [1.165, 1.54) is 4.68 Å². The molecule has 2 heterocycles. The summed E-state index contributed by atoms with van der Waals surface area (Å²) in [5.41, 5.74) is 1.14. The molecular formula is C9H6N6O2. The van der Waals surface area contributed by atoms with E-state index >= 15 is 0 Å². The van der Waals surface area contributed by atoms with Crippen molar-refractivity contribution in [1.82, 2.24) is 30.4 Å². The maximum absolute atomic E-state index is 10.9. The molecule has 0 spiro atoms. The molecule has 0 saturated carbocycles. The zero-order valence-electron chi connectivity index (χ0n) is 8.40. The van der Waals surface area contributed by atoms with Crippen molar-refractivity contribution in [3.63, 3.8) is 0 Å². The molecule has 0 fully saturated rings. The second kappa shape index (κ2) is 3.37. The van der Waals surface area contributed by atoms with Crippen molar-refractivity contribution in [2.75, 3.05) is 0 Å². The normalized spacial score (nSPS) is 10.8. The summed E-state index contributed by atoms with van der Waals surface area (Å²) in [6.07, 6.45) is 0. The minimum absolute atomic E-state index is 0.117. The first-order valence-corrected chi connectivity index (χ1v) is 4.72. The zero-order chi connectivity index (χ0) is 11.8. The number of aromatic carboxylic acids is 1. The van der Waals surface area contributed by atoms with E-state index in [1.807, 2.05) is 12.1 Å². The molecule has 1 aromatic carbocycles. The van der Waals surface area contributed by atoms with Crippen LogP contribution < -0.4 is 0 Å². The summed E-state index contributed by atoms with van der Waals surface area (Å²) in [5, 5.41) is 26.3. The molecule has 0 unspecified atom stereocenters. The highest BCUT2D eigenvalue weighted by molar-refractivity contribution is 5.89. The van der Waals surface area contributed by atoms with Gasteiger partial charge in [-0.1, -0.05) is 17.3 Å². The number of nitrogens with one attached hydrogen (secondary N) is 1. The molecule has 0 saturated heterocycles. The fraction of sp³-hybridized carbons (Fsp3) is 0. The highest BCUT2D eigenvalue weighted by Crippen LogP contribution is 2.15. The SMILES string of the molecule is O=C(O)c1n[nH]nc1-n1nnc2ccccc21. The van der Waals surface area contributed by atoms with Gasteiger partial charge in [-0.2, -0.15) is 9.90 Å². The first-order chi connectivity index (χ1) is 8.27. The highest BCUT2D eigenvalue weighted by atomic mass is 16.4. The lowest BCUT2D eigenvalue weighted by Gasteiger charge is -1.96. The summed E-state index contributed by atoms with van der Waals surface area (Å²) >= 11 is 0. The van der Waals surface area contributed by atoms with Crippen LogP contribution in [0.25, 0.3) is 16.9 Å². The van der Waals surface area contributed by atoms with Crippen molar-refractivity contribution in [3.8, 4) is 5.82 Å². The Bertz CT molecular complexity index is 700. The van der Waals surface area contributed by atoms with Crippen molar-refractivity contribution in [2.24, 2.45) is 0 Å². The van der Waals surface area contributed by atoms with Crippen molar-refractivity contribution in [1.29, 1.82) is 0 Å². The Kier molecular flexibility index (Phi) is 1.87. The Balaban J connectivity index is 2.28. The molecule has 17 heavy (non-hydrogen) atoms. The number of aromatic amines is 1. The molecule has 0 radical (unpaired) electrons. The Labute approximate surface area is 93.9 Å². The van der Waals surface area contributed by atoms with Gasteiger partial charge in [-0.3, -0.25) is 0 Å². The minimum atomic E-state index is -1.17. The second-order valence-corrected chi connectivity index (χ2v) is 3.29. The summed E-state index contributed by atoms with van der Waals surface area (Å²) in [4.78, 5) is 10.9. The molecule has 84 valence electrons. The Morgan fingerprint density at radius 3 is 2.94 bits per heavy atom. The summed E-state index contributed by atoms with van der Waals surface area (Å²) in [5.74, 6) is -1.06. The summed E-state index contributed by atoms with van der Waals surface area (Å²) < 4.78 is 1.34. The van der Waals surface area contributed by atoms with E-state index in [1.54, 1.807) is 12.1 Å². The molecule has 2 N–H and O–H groups in total. The molecule has 0 aliphatic carbocycles. The largest absolute Gasteiger partial charge is 0.476 e. The van der Waals surface area contributed by atoms with Crippen LogP contribution >= 0.6 is 0 Å². The number of hydrogen-bond acceptors (Lipinski definition) is 5. The topological polar surface area (TPSA) is 110 Å². The van der Waals surface area contributed by atoms with Crippen LogP contribution in [0.5, 0.6) is 0 Å². The van der Waals surface area contributed by atoms with Crippen molar-refractivity contribution in [2.45, 2.75) is 0 Å². The molecule has 3 rings (SSSR count). The van der Waals surface area contributed by atoms with Crippen LogP contribution in [0.1, 0.15) is 10.5 Å². The number of para-hydroxylation sites is 1. The number of carboxylic acids is 1. The number of carboxylic acid groups (broad SMARTS) is 1. The van der Waals surface area contributed by atoms with Gasteiger partial charge in [0.1, 0.15) is 5.52 Å². The van der Waals surface area contributed by atoms with Crippen molar-refractivity contribution < 1.29 is 9.90 Å². The number of benzene rings is 1. The Morgan fingerprint density at radius 1 is 1.29 bits per heavy atom. The molecule has 2 aromatic heterocycles. The van der Waals surface area contributed by atoms with E-state index in [0.29, 0.717) is 11.0 Å². The Hall–Kier alpha value is -2.77. The van der Waals surface area contributed by atoms with Crippen LogP contribution in [-0.2, 0) is 0 Å². The van der Waals surface area contributed by atoms with Gasteiger partial charge in [-0.05, 0) is 12.1 Å². The van der Waals surface area contributed by atoms with E-state index in [9.17, 15) is 4.79 Å². The molecule has 0 amide bonds. The maximum Gasteiger partial charge on any atom is 0.360 e. The molecule has 0 aliphatic heterocycles. The van der Waals surface area contributed by atoms with Gasteiger partial charge in [0.15, 0.2) is 0 Å². The molecular weight excluding hydrogens is 224 g/mol. The lowest BCUT2D eigenvalue weighted by molar-refractivity contribution is 0.0690. The predicted molar refractivity (Wildman–Crippen MR) is 55.8 cm³/mol. The van der Waals surface area contributed by atoms with Crippen LogP contribution in [-0.4, -0.2) is 41.5 Å². The predicted octanol–water partition coefficient (Wildman–Crippen LogP) is 0.237. The van der Waals surface area contributed by atoms with Gasteiger partial charge >= 0.3 is 5.97 Å². The molecule has 0 bridgehead atoms. The monoisotopic (exact) mass is 230 g/mol. The fourth-order valence-electron chi connectivity index (χ4n) is 1.54. The number of nitrogens with zero attached hydrogens (tertiary/aromatic N) is 5. The average Bonchev–Trinajstić information content (AvgIpc) is 2.94. The van der Waals surface area contributed by atoms with Gasteiger partial charge in [0.2, 0.25) is 11.5 Å². The van der Waals surface area contributed by atoms with E-state index in [-0.39, 0.29) is 11.5 Å². The number of rotatable bonds is 2. The summed E-state index contributed by atoms with van der Waals surface area (Å²) in [7, 11) is 0. The molecule has 3 aromatic rings. The smallest absolute Gasteiger partial charge is 0.360 e. The first-order valence-electron chi connectivity index (χ1n) is 4.72. The maximum atomic E-state index is 10.9. The van der Waals surface area contributed by atoms with E-state index < -0.39 is 5.97 Å². The van der Waals surface area contributed by atoms with Gasteiger partial charge in [-0.25, -0.2) is 4.79 Å². The number of carbonyl (C=O) groups is 1. The second-order valence-electron chi connectivity index (χ2n) is 3.29. The van der Waals surface area contributed by atoms with E-state index in [4.69, 9.17) is 5.11 Å². The highest BCUT2D eigenvalue weighted by Gasteiger charge is 2.19. The lowest BCUT2D eigenvalue weighted by Crippen LogP contribution is -2.06. The first kappa shape index (κ1) is 9.46. The van der Waals surface area contributed by atoms with Crippen LogP contribution in [0.4, 0.5) is 0 Å². The molecule has 8 heteroatoms. The van der Waals surface area contributed by atoms with Gasteiger partial charge in [-0.15, -0.1) is 15.3 Å². The third kappa shape index (κ3) is 1.34. The standard InChI is InChI=1S/C9H6N6O2/c16-9(17)7-8(12-13-11-7)15-6-4-2-1-3-5(6)10-14-15/h1-4H,(H,16,17)(H,11,12,13). The van der Waals surface area contributed by atoms with Crippen LogP contribution in [0.15, 0.2) is 24.3 Å². The number of fused-ring (bicyclic) bond motifs is 1. The summed E-state index contributed by atoms with van der Waals surface area (Å²) in [6.45, 7) is 0. The van der Waals surface area contributed by atoms with E-state index in [2.05, 4.69) is 25.7 Å². The molecule has 0 atom stereocenters. The molecule has 8 nitrogen and oxygen atoms in total. The van der Waals surface area contributed by atoms with Crippen LogP contribution in [0.3, 0.4) is 0 Å². The third-order valence-electron chi connectivity index (χ3n) is 2.28. The Morgan fingerprint density at radius 2 is 2.12 bits per heavy atom. The van der Waals surface area contributed by atoms with Gasteiger partial charge in [0.05, 0.1) is 5.52 Å². The third-order valence-corrected chi connectivity index (χ3v) is 2.28. The van der Waals surface area contributed by atoms with Crippen molar-refractivity contribution in [3.05, 3.63) is 30.0 Å². The zero-order valence-corrected chi connectivity index (χ0v) is 8.40. The van der Waals surface area contributed by atoms with Crippen molar-refractivity contribution >= 4 is 17.0 Å².